The predicted molar refractivity (Wildman–Crippen MR) is 80.5 cm³/mol. The second-order valence-electron chi connectivity index (χ2n) is 6.83. The van der Waals surface area contributed by atoms with Crippen LogP contribution < -0.4 is 10.1 Å². The molecule has 2 atom stereocenters. The van der Waals surface area contributed by atoms with E-state index in [0.717, 1.165) is 18.9 Å². The summed E-state index contributed by atoms with van der Waals surface area (Å²) in [5.41, 5.74) is 1.62. The van der Waals surface area contributed by atoms with Gasteiger partial charge in [0.15, 0.2) is 0 Å². The lowest BCUT2D eigenvalue weighted by Crippen LogP contribution is -2.40. The minimum atomic E-state index is 0.312. The lowest BCUT2D eigenvalue weighted by molar-refractivity contribution is 0.163. The minimum absolute atomic E-state index is 0.312. The van der Waals surface area contributed by atoms with Crippen LogP contribution in [0.3, 0.4) is 0 Å². The van der Waals surface area contributed by atoms with E-state index in [-0.39, 0.29) is 0 Å². The summed E-state index contributed by atoms with van der Waals surface area (Å²) in [7, 11) is 0. The van der Waals surface area contributed by atoms with Gasteiger partial charge in [-0.05, 0) is 17.4 Å². The molecular weight excluding hydrogens is 234 g/mol. The van der Waals surface area contributed by atoms with Crippen molar-refractivity contribution < 1.29 is 4.74 Å². The highest BCUT2D eigenvalue weighted by molar-refractivity contribution is 5.37. The highest BCUT2D eigenvalue weighted by Crippen LogP contribution is 2.36. The molecule has 0 bridgehead atoms. The maximum absolute atomic E-state index is 5.81. The molecule has 0 amide bonds. The normalized spacial score (nSPS) is 23.1. The molecule has 2 nitrogen and oxygen atoms in total. The Morgan fingerprint density at radius 1 is 1.32 bits per heavy atom. The summed E-state index contributed by atoms with van der Waals surface area (Å²) >= 11 is 0. The van der Waals surface area contributed by atoms with Crippen LogP contribution in [-0.4, -0.2) is 13.2 Å². The van der Waals surface area contributed by atoms with Crippen LogP contribution in [0.1, 0.15) is 46.2 Å². The molecule has 0 saturated heterocycles. The summed E-state index contributed by atoms with van der Waals surface area (Å²) in [6, 6.07) is 8.81. The maximum Gasteiger partial charge on any atom is 0.124 e. The van der Waals surface area contributed by atoms with Crippen LogP contribution in [0.15, 0.2) is 24.3 Å². The van der Waals surface area contributed by atoms with Crippen LogP contribution >= 0.6 is 0 Å². The van der Waals surface area contributed by atoms with Gasteiger partial charge in [-0.3, -0.25) is 0 Å². The second-order valence-corrected chi connectivity index (χ2v) is 6.83. The van der Waals surface area contributed by atoms with E-state index < -0.39 is 0 Å². The molecule has 2 unspecified atom stereocenters. The molecule has 1 aromatic carbocycles. The van der Waals surface area contributed by atoms with Gasteiger partial charge in [0.05, 0.1) is 6.61 Å². The first kappa shape index (κ1) is 14.4. The van der Waals surface area contributed by atoms with Crippen molar-refractivity contribution in [1.82, 2.24) is 5.32 Å². The van der Waals surface area contributed by atoms with Gasteiger partial charge in [-0.25, -0.2) is 0 Å². The predicted octanol–water partition coefficient (Wildman–Crippen LogP) is 4.03. The Morgan fingerprint density at radius 2 is 2.00 bits per heavy atom. The van der Waals surface area contributed by atoms with E-state index in [1.54, 1.807) is 0 Å². The molecule has 0 saturated carbocycles. The van der Waals surface area contributed by atoms with E-state index in [4.69, 9.17) is 4.74 Å². The van der Waals surface area contributed by atoms with Gasteiger partial charge in [-0.2, -0.15) is 0 Å². The molecule has 19 heavy (non-hydrogen) atoms. The molecule has 1 aromatic rings. The highest BCUT2D eigenvalue weighted by Gasteiger charge is 2.30. The Morgan fingerprint density at radius 3 is 2.68 bits per heavy atom. The van der Waals surface area contributed by atoms with E-state index in [9.17, 15) is 0 Å². The Hall–Kier alpha value is -1.02. The van der Waals surface area contributed by atoms with Gasteiger partial charge in [0.2, 0.25) is 0 Å². The molecule has 0 radical (unpaired) electrons. The summed E-state index contributed by atoms with van der Waals surface area (Å²) in [5.74, 6) is 2.23. The summed E-state index contributed by atoms with van der Waals surface area (Å²) < 4.78 is 5.81. The number of nitrogens with one attached hydrogen (secondary N) is 1. The van der Waals surface area contributed by atoms with Crippen molar-refractivity contribution in [2.75, 3.05) is 13.2 Å². The minimum Gasteiger partial charge on any atom is -0.493 e. The Bertz CT molecular complexity index is 425. The molecular formula is C17H27NO. The van der Waals surface area contributed by atoms with Gasteiger partial charge in [-0.15, -0.1) is 0 Å². The average molecular weight is 261 g/mol. The van der Waals surface area contributed by atoms with Crippen molar-refractivity contribution in [3.63, 3.8) is 0 Å². The molecule has 0 aliphatic carbocycles. The fourth-order valence-electron chi connectivity index (χ4n) is 2.38. The zero-order valence-corrected chi connectivity index (χ0v) is 12.9. The van der Waals surface area contributed by atoms with Gasteiger partial charge < -0.3 is 10.1 Å². The monoisotopic (exact) mass is 261 g/mol. The number of fused-ring (bicyclic) bond motifs is 1. The fraction of sp³-hybridized carbons (Fsp3) is 0.647. The molecule has 2 heteroatoms. The van der Waals surface area contributed by atoms with Crippen molar-refractivity contribution in [3.8, 4) is 5.75 Å². The van der Waals surface area contributed by atoms with Crippen molar-refractivity contribution in [2.45, 2.75) is 40.7 Å². The highest BCUT2D eigenvalue weighted by atomic mass is 16.5. The Kier molecular flexibility index (Phi) is 4.19. The molecule has 0 aromatic heterocycles. The number of rotatable bonds is 4. The van der Waals surface area contributed by atoms with E-state index in [2.05, 4.69) is 58.1 Å². The van der Waals surface area contributed by atoms with Crippen LogP contribution in [0.5, 0.6) is 5.75 Å². The molecule has 1 aliphatic heterocycles. The molecule has 1 aliphatic rings. The third-order valence-electron chi connectivity index (χ3n) is 4.67. The van der Waals surface area contributed by atoms with Crippen molar-refractivity contribution >= 4 is 0 Å². The van der Waals surface area contributed by atoms with Gasteiger partial charge in [0.1, 0.15) is 5.75 Å². The van der Waals surface area contributed by atoms with Gasteiger partial charge in [-0.1, -0.05) is 52.8 Å². The van der Waals surface area contributed by atoms with Crippen molar-refractivity contribution in [1.29, 1.82) is 0 Å². The average Bonchev–Trinajstić information content (AvgIpc) is 2.37. The lowest BCUT2D eigenvalue weighted by atomic mass is 9.80. The fourth-order valence-corrected chi connectivity index (χ4v) is 2.38. The number of hydrogen-bond donors (Lipinski definition) is 1. The third-order valence-corrected chi connectivity index (χ3v) is 4.67. The smallest absolute Gasteiger partial charge is 0.124 e. The standard InChI is InChI=1S/C17H27NO/c1-12(2)17(4,5)11-18-16-13(3)10-19-15-9-7-6-8-14(15)16/h6-9,12-13,16,18H,10-11H2,1-5H3. The van der Waals surface area contributed by atoms with Crippen LogP contribution in [0.2, 0.25) is 0 Å². The lowest BCUT2D eigenvalue weighted by Gasteiger charge is -2.36. The number of para-hydroxylation sites is 1. The third kappa shape index (κ3) is 3.11. The second kappa shape index (κ2) is 5.54. The van der Waals surface area contributed by atoms with Crippen LogP contribution in [0.4, 0.5) is 0 Å². The van der Waals surface area contributed by atoms with Gasteiger partial charge >= 0.3 is 0 Å². The Labute approximate surface area is 117 Å². The first-order chi connectivity index (χ1) is 8.92. The molecule has 0 spiro atoms. The van der Waals surface area contributed by atoms with Crippen LogP contribution in [0.25, 0.3) is 0 Å². The van der Waals surface area contributed by atoms with Crippen molar-refractivity contribution in [2.24, 2.45) is 17.3 Å². The summed E-state index contributed by atoms with van der Waals surface area (Å²) in [4.78, 5) is 0. The first-order valence-corrected chi connectivity index (χ1v) is 7.37. The quantitative estimate of drug-likeness (QED) is 0.883. The Balaban J connectivity index is 2.12. The van der Waals surface area contributed by atoms with E-state index in [0.29, 0.717) is 23.3 Å². The maximum atomic E-state index is 5.81. The zero-order chi connectivity index (χ0) is 14.0. The molecule has 2 rings (SSSR count). The topological polar surface area (TPSA) is 21.3 Å². The zero-order valence-electron chi connectivity index (χ0n) is 12.9. The molecule has 0 fully saturated rings. The summed E-state index contributed by atoms with van der Waals surface area (Å²) in [6.45, 7) is 13.4. The number of benzene rings is 1. The van der Waals surface area contributed by atoms with Crippen molar-refractivity contribution in [3.05, 3.63) is 29.8 Å². The molecule has 106 valence electrons. The SMILES string of the molecule is CC1COc2ccccc2C1NCC(C)(C)C(C)C. The van der Waals surface area contributed by atoms with Gasteiger partial charge in [0.25, 0.3) is 0 Å². The largest absolute Gasteiger partial charge is 0.493 e. The van der Waals surface area contributed by atoms with Gasteiger partial charge in [0, 0.05) is 24.1 Å². The van der Waals surface area contributed by atoms with E-state index >= 15 is 0 Å². The number of ether oxygens (including phenoxy) is 1. The number of hydrogen-bond acceptors (Lipinski definition) is 2. The van der Waals surface area contributed by atoms with E-state index in [1.165, 1.54) is 5.56 Å². The summed E-state index contributed by atoms with van der Waals surface area (Å²) in [5, 5.41) is 3.77. The molecule has 1 heterocycles. The summed E-state index contributed by atoms with van der Waals surface area (Å²) in [6.07, 6.45) is 0. The van der Waals surface area contributed by atoms with Crippen LogP contribution in [-0.2, 0) is 0 Å². The van der Waals surface area contributed by atoms with E-state index in [1.807, 2.05) is 6.07 Å². The first-order valence-electron chi connectivity index (χ1n) is 7.37. The molecule has 1 N–H and O–H groups in total. The van der Waals surface area contributed by atoms with Crippen LogP contribution in [0, 0.1) is 17.3 Å².